The minimum Gasteiger partial charge on any atom is -0.494 e. The van der Waals surface area contributed by atoms with Crippen LogP contribution in [0.1, 0.15) is 42.4 Å². The van der Waals surface area contributed by atoms with E-state index in [2.05, 4.69) is 10.6 Å². The van der Waals surface area contributed by atoms with Crippen LogP contribution in [0.3, 0.4) is 0 Å². The number of nitrogens with one attached hydrogen (secondary N) is 2. The topological polar surface area (TPSA) is 67.4 Å². The lowest BCUT2D eigenvalue weighted by molar-refractivity contribution is -0.137. The first-order chi connectivity index (χ1) is 15.6. The lowest BCUT2D eigenvalue weighted by Gasteiger charge is -2.29. The van der Waals surface area contributed by atoms with Gasteiger partial charge in [0.1, 0.15) is 0 Å². The molecule has 2 N–H and O–H groups in total. The highest BCUT2D eigenvalue weighted by Crippen LogP contribution is 2.31. The van der Waals surface area contributed by atoms with Gasteiger partial charge in [0.2, 0.25) is 11.8 Å². The minimum atomic E-state index is -4.38. The van der Waals surface area contributed by atoms with Gasteiger partial charge < -0.3 is 15.4 Å². The quantitative estimate of drug-likeness (QED) is 0.545. The Bertz CT molecular complexity index is 992. The largest absolute Gasteiger partial charge is 0.494 e. The average molecular weight is 466 g/mol. The number of alkyl halides is 3. The maximum Gasteiger partial charge on any atom is 0.416 e. The molecule has 1 atom stereocenters. The van der Waals surface area contributed by atoms with Gasteiger partial charge in [0.25, 0.3) is 0 Å². The molecule has 0 bridgehead atoms. The van der Waals surface area contributed by atoms with E-state index < -0.39 is 23.1 Å². The second kappa shape index (κ2) is 10.2. The van der Waals surface area contributed by atoms with E-state index in [-0.39, 0.29) is 24.0 Å². The van der Waals surface area contributed by atoms with Gasteiger partial charge in [0.05, 0.1) is 12.7 Å². The number of rotatable bonds is 9. The van der Waals surface area contributed by atoms with E-state index in [1.165, 1.54) is 25.3 Å². The van der Waals surface area contributed by atoms with Gasteiger partial charge in [-0.3, -0.25) is 9.59 Å². The summed E-state index contributed by atoms with van der Waals surface area (Å²) in [6.07, 6.45) is -2.04. The van der Waals surface area contributed by atoms with Crippen LogP contribution in [0.4, 0.5) is 17.6 Å². The van der Waals surface area contributed by atoms with Crippen LogP contribution in [0.25, 0.3) is 0 Å². The van der Waals surface area contributed by atoms with Gasteiger partial charge in [-0.05, 0) is 61.1 Å². The van der Waals surface area contributed by atoms with Crippen LogP contribution in [0.2, 0.25) is 0 Å². The maximum absolute atomic E-state index is 13.7. The van der Waals surface area contributed by atoms with E-state index in [9.17, 15) is 27.2 Å². The second-order valence-electron chi connectivity index (χ2n) is 8.27. The average Bonchev–Trinajstić information content (AvgIpc) is 3.14. The molecule has 1 heterocycles. The molecule has 0 spiro atoms. The SMILES string of the molecule is COc1cc(CC2(CCC(=O)NCCc3ccc(C(F)(F)F)cc3)CCC(=O)N2)ccc1F. The molecule has 2 aromatic rings. The molecule has 0 aromatic heterocycles. The first-order valence-corrected chi connectivity index (χ1v) is 10.7. The molecule has 0 aliphatic carbocycles. The van der Waals surface area contributed by atoms with Crippen LogP contribution in [0.5, 0.6) is 5.75 Å². The third-order valence-corrected chi connectivity index (χ3v) is 5.84. The summed E-state index contributed by atoms with van der Waals surface area (Å²) in [6.45, 7) is 0.290. The summed E-state index contributed by atoms with van der Waals surface area (Å²) in [7, 11) is 1.38. The number of carbonyl (C=O) groups excluding carboxylic acids is 2. The molecule has 1 aliphatic rings. The molecule has 9 heteroatoms. The number of benzene rings is 2. The lowest BCUT2D eigenvalue weighted by atomic mass is 9.85. The number of methoxy groups -OCH3 is 1. The highest BCUT2D eigenvalue weighted by molar-refractivity contribution is 5.80. The summed E-state index contributed by atoms with van der Waals surface area (Å²) in [5.74, 6) is -0.655. The van der Waals surface area contributed by atoms with Crippen molar-refractivity contribution < 1.29 is 31.9 Å². The van der Waals surface area contributed by atoms with Crippen molar-refractivity contribution in [2.24, 2.45) is 0 Å². The Morgan fingerprint density at radius 2 is 1.85 bits per heavy atom. The van der Waals surface area contributed by atoms with Gasteiger partial charge in [-0.15, -0.1) is 0 Å². The van der Waals surface area contributed by atoms with Crippen molar-refractivity contribution in [3.63, 3.8) is 0 Å². The molecule has 2 amide bonds. The van der Waals surface area contributed by atoms with E-state index >= 15 is 0 Å². The van der Waals surface area contributed by atoms with Crippen LogP contribution in [0.15, 0.2) is 42.5 Å². The molecule has 178 valence electrons. The molecule has 0 radical (unpaired) electrons. The molecule has 3 rings (SSSR count). The summed E-state index contributed by atoms with van der Waals surface area (Å²) < 4.78 is 56.6. The molecular formula is C24H26F4N2O3. The lowest BCUT2D eigenvalue weighted by Crippen LogP contribution is -2.44. The Labute approximate surface area is 189 Å². The highest BCUT2D eigenvalue weighted by atomic mass is 19.4. The molecule has 0 saturated carbocycles. The third kappa shape index (κ3) is 6.69. The van der Waals surface area contributed by atoms with Gasteiger partial charge in [0.15, 0.2) is 11.6 Å². The van der Waals surface area contributed by atoms with Crippen LogP contribution in [0, 0.1) is 5.82 Å². The predicted octanol–water partition coefficient (Wildman–Crippen LogP) is 4.18. The van der Waals surface area contributed by atoms with E-state index in [1.807, 2.05) is 0 Å². The molecule has 5 nitrogen and oxygen atoms in total. The van der Waals surface area contributed by atoms with Gasteiger partial charge in [-0.25, -0.2) is 4.39 Å². The zero-order valence-electron chi connectivity index (χ0n) is 18.2. The van der Waals surface area contributed by atoms with E-state index in [0.29, 0.717) is 44.2 Å². The van der Waals surface area contributed by atoms with E-state index in [0.717, 1.165) is 17.7 Å². The molecule has 1 unspecified atom stereocenters. The Balaban J connectivity index is 1.52. The van der Waals surface area contributed by atoms with Crippen LogP contribution >= 0.6 is 0 Å². The molecule has 33 heavy (non-hydrogen) atoms. The van der Waals surface area contributed by atoms with Crippen molar-refractivity contribution in [3.05, 3.63) is 65.0 Å². The van der Waals surface area contributed by atoms with Crippen LogP contribution in [-0.2, 0) is 28.6 Å². The fourth-order valence-electron chi connectivity index (χ4n) is 4.03. The molecule has 1 saturated heterocycles. The monoisotopic (exact) mass is 466 g/mol. The number of carbonyl (C=O) groups is 2. The predicted molar refractivity (Wildman–Crippen MR) is 114 cm³/mol. The van der Waals surface area contributed by atoms with Crippen molar-refractivity contribution >= 4 is 11.8 Å². The number of halogens is 4. The summed E-state index contributed by atoms with van der Waals surface area (Å²) in [5, 5.41) is 5.75. The summed E-state index contributed by atoms with van der Waals surface area (Å²) >= 11 is 0. The van der Waals surface area contributed by atoms with Crippen LogP contribution in [-0.4, -0.2) is 31.0 Å². The first kappa shape index (κ1) is 24.5. The Kier molecular flexibility index (Phi) is 7.61. The number of hydrogen-bond donors (Lipinski definition) is 2. The molecule has 2 aromatic carbocycles. The highest BCUT2D eigenvalue weighted by Gasteiger charge is 2.38. The van der Waals surface area contributed by atoms with Crippen molar-refractivity contribution in [1.82, 2.24) is 10.6 Å². The molecule has 1 fully saturated rings. The van der Waals surface area contributed by atoms with E-state index in [4.69, 9.17) is 4.74 Å². The number of ether oxygens (including phenoxy) is 1. The smallest absolute Gasteiger partial charge is 0.416 e. The zero-order valence-corrected chi connectivity index (χ0v) is 18.2. The Hall–Kier alpha value is -3.10. The van der Waals surface area contributed by atoms with Gasteiger partial charge >= 0.3 is 6.18 Å². The third-order valence-electron chi connectivity index (χ3n) is 5.84. The van der Waals surface area contributed by atoms with Gasteiger partial charge in [-0.1, -0.05) is 18.2 Å². The summed E-state index contributed by atoms with van der Waals surface area (Å²) in [6, 6.07) is 9.37. The van der Waals surface area contributed by atoms with E-state index in [1.54, 1.807) is 12.1 Å². The normalized spacial score (nSPS) is 18.2. The fraction of sp³-hybridized carbons (Fsp3) is 0.417. The Morgan fingerprint density at radius 3 is 2.45 bits per heavy atom. The standard InChI is InChI=1S/C24H26F4N2O3/c1-33-20-14-17(4-7-19(20)25)15-23(12-9-22(32)30-23)11-8-21(31)29-13-10-16-2-5-18(6-3-16)24(26,27)28/h2-7,14H,8-13,15H2,1H3,(H,29,31)(H,30,32). The van der Waals surface area contributed by atoms with Gasteiger partial charge in [-0.2, -0.15) is 13.2 Å². The first-order valence-electron chi connectivity index (χ1n) is 10.7. The number of hydrogen-bond acceptors (Lipinski definition) is 3. The Morgan fingerprint density at radius 1 is 1.15 bits per heavy atom. The second-order valence-corrected chi connectivity index (χ2v) is 8.27. The zero-order chi connectivity index (χ0) is 24.1. The molecule has 1 aliphatic heterocycles. The van der Waals surface area contributed by atoms with Crippen molar-refractivity contribution in [2.75, 3.05) is 13.7 Å². The summed E-state index contributed by atoms with van der Waals surface area (Å²) in [5.41, 5.74) is 0.161. The number of amides is 2. The minimum absolute atomic E-state index is 0.0909. The van der Waals surface area contributed by atoms with Crippen molar-refractivity contribution in [1.29, 1.82) is 0 Å². The molecular weight excluding hydrogens is 440 g/mol. The van der Waals surface area contributed by atoms with Gasteiger partial charge in [0, 0.05) is 24.9 Å². The van der Waals surface area contributed by atoms with Crippen molar-refractivity contribution in [2.45, 2.75) is 50.2 Å². The maximum atomic E-state index is 13.7. The van der Waals surface area contributed by atoms with Crippen LogP contribution < -0.4 is 15.4 Å². The summed E-state index contributed by atoms with van der Waals surface area (Å²) in [4.78, 5) is 24.3. The van der Waals surface area contributed by atoms with Crippen molar-refractivity contribution in [3.8, 4) is 5.75 Å². The fourth-order valence-corrected chi connectivity index (χ4v) is 4.03.